The second-order valence-electron chi connectivity index (χ2n) is 12.1. The maximum absolute atomic E-state index is 2.44. The summed E-state index contributed by atoms with van der Waals surface area (Å²) in [5.74, 6) is 0. The van der Waals surface area contributed by atoms with E-state index < -0.39 is 5.41 Å². The van der Waals surface area contributed by atoms with Crippen LogP contribution in [0.4, 0.5) is 17.1 Å². The number of anilines is 3. The quantitative estimate of drug-likeness (QED) is 0.194. The lowest BCUT2D eigenvalue weighted by molar-refractivity contribution is 0.753. The Labute approximate surface area is 266 Å². The van der Waals surface area contributed by atoms with Crippen molar-refractivity contribution in [2.24, 2.45) is 0 Å². The molecule has 0 fully saturated rings. The second-order valence-corrected chi connectivity index (χ2v) is 13.2. The third kappa shape index (κ3) is 3.32. The van der Waals surface area contributed by atoms with Crippen molar-refractivity contribution in [3.63, 3.8) is 0 Å². The molecule has 0 N–H and O–H groups in total. The van der Waals surface area contributed by atoms with Gasteiger partial charge >= 0.3 is 0 Å². The van der Waals surface area contributed by atoms with E-state index in [1.165, 1.54) is 81.7 Å². The lowest BCUT2D eigenvalue weighted by Crippen LogP contribution is -2.36. The van der Waals surface area contributed by atoms with Crippen molar-refractivity contribution in [3.05, 3.63) is 186 Å². The van der Waals surface area contributed by atoms with E-state index in [2.05, 4.69) is 169 Å². The van der Waals surface area contributed by atoms with Gasteiger partial charge in [0.25, 0.3) is 0 Å². The van der Waals surface area contributed by atoms with Gasteiger partial charge in [-0.25, -0.2) is 0 Å². The first-order valence-electron chi connectivity index (χ1n) is 15.5. The van der Waals surface area contributed by atoms with Crippen LogP contribution in [0.5, 0.6) is 0 Å². The molecule has 1 aliphatic heterocycles. The van der Waals surface area contributed by atoms with Gasteiger partial charge < -0.3 is 4.90 Å². The third-order valence-electron chi connectivity index (χ3n) is 9.87. The Kier molecular flexibility index (Phi) is 5.14. The molecular weight excluding hydrogens is 563 g/mol. The van der Waals surface area contributed by atoms with Crippen molar-refractivity contribution in [3.8, 4) is 22.3 Å². The van der Waals surface area contributed by atoms with Crippen molar-refractivity contribution in [1.29, 1.82) is 0 Å². The van der Waals surface area contributed by atoms with Gasteiger partial charge in [0.15, 0.2) is 0 Å². The number of benzene rings is 7. The number of nitrogens with zero attached hydrogens (tertiary/aromatic N) is 1. The first kappa shape index (κ1) is 24.9. The van der Waals surface area contributed by atoms with E-state index in [-0.39, 0.29) is 0 Å². The Balaban J connectivity index is 1.25. The predicted octanol–water partition coefficient (Wildman–Crippen LogP) is 11.9. The molecule has 2 heteroatoms. The lowest BCUT2D eigenvalue weighted by Gasteiger charge is -2.45. The predicted molar refractivity (Wildman–Crippen MR) is 190 cm³/mol. The van der Waals surface area contributed by atoms with Gasteiger partial charge in [-0.15, -0.1) is 11.3 Å². The van der Waals surface area contributed by atoms with Crippen molar-refractivity contribution in [1.82, 2.24) is 0 Å². The minimum atomic E-state index is -0.420. The number of thiophene rings is 1. The number of para-hydroxylation sites is 3. The van der Waals surface area contributed by atoms with E-state index in [0.717, 1.165) is 0 Å². The van der Waals surface area contributed by atoms with Crippen LogP contribution in [0.3, 0.4) is 0 Å². The van der Waals surface area contributed by atoms with Crippen LogP contribution in [0.2, 0.25) is 0 Å². The molecular formula is C43H27NS. The van der Waals surface area contributed by atoms with E-state index in [1.807, 2.05) is 11.3 Å². The fourth-order valence-corrected chi connectivity index (χ4v) is 9.14. The summed E-state index contributed by atoms with van der Waals surface area (Å²) in [4.78, 5) is 2.44. The Bertz CT molecular complexity index is 2400. The van der Waals surface area contributed by atoms with Crippen LogP contribution < -0.4 is 4.90 Å². The summed E-state index contributed by atoms with van der Waals surface area (Å²) < 4.78 is 2.68. The zero-order chi connectivity index (χ0) is 29.5. The molecule has 2 aliphatic rings. The summed E-state index contributed by atoms with van der Waals surface area (Å²) in [6.45, 7) is 0. The summed E-state index contributed by atoms with van der Waals surface area (Å²) in [6.07, 6.45) is 0. The van der Waals surface area contributed by atoms with E-state index >= 15 is 0 Å². The van der Waals surface area contributed by atoms with Gasteiger partial charge in [0.1, 0.15) is 0 Å². The smallest absolute Gasteiger partial charge is 0.0754 e. The molecule has 8 aromatic rings. The van der Waals surface area contributed by atoms with Gasteiger partial charge in [-0.3, -0.25) is 0 Å². The normalized spacial score (nSPS) is 13.9. The molecule has 1 nitrogen and oxygen atoms in total. The fraction of sp³-hybridized carbons (Fsp3) is 0.0233. The van der Waals surface area contributed by atoms with E-state index in [4.69, 9.17) is 0 Å². The lowest BCUT2D eigenvalue weighted by atomic mass is 9.64. The average Bonchev–Trinajstić information content (AvgIpc) is 3.62. The van der Waals surface area contributed by atoms with Crippen LogP contribution in [-0.4, -0.2) is 0 Å². The molecule has 1 spiro atoms. The maximum Gasteiger partial charge on any atom is 0.0754 e. The molecule has 45 heavy (non-hydrogen) atoms. The van der Waals surface area contributed by atoms with E-state index in [9.17, 15) is 0 Å². The third-order valence-corrected chi connectivity index (χ3v) is 11.0. The zero-order valence-electron chi connectivity index (χ0n) is 24.4. The van der Waals surface area contributed by atoms with Gasteiger partial charge in [-0.2, -0.15) is 0 Å². The largest absolute Gasteiger partial charge is 0.310 e. The molecule has 0 atom stereocenters. The molecule has 0 amide bonds. The van der Waals surface area contributed by atoms with Crippen LogP contribution in [0.25, 0.3) is 42.4 Å². The topological polar surface area (TPSA) is 3.24 Å². The summed E-state index contributed by atoms with van der Waals surface area (Å²) >= 11 is 1.87. The Hall–Kier alpha value is -5.44. The molecule has 7 aromatic carbocycles. The molecule has 1 aliphatic carbocycles. The van der Waals surface area contributed by atoms with Gasteiger partial charge in [0, 0.05) is 25.9 Å². The first-order valence-corrected chi connectivity index (χ1v) is 16.3. The SMILES string of the molecule is c1ccc(N2c3ccccc3C3(c4ccccc4-c4cc(-c5ccc6sc7ccccc7c6c5)ccc43)c3ccccc32)cc1. The molecule has 0 saturated carbocycles. The van der Waals surface area contributed by atoms with Gasteiger partial charge in [0.2, 0.25) is 0 Å². The summed E-state index contributed by atoms with van der Waals surface area (Å²) in [5, 5.41) is 2.67. The number of rotatable bonds is 2. The molecule has 210 valence electrons. The van der Waals surface area contributed by atoms with Crippen LogP contribution in [0.1, 0.15) is 22.3 Å². The second kappa shape index (κ2) is 9.28. The highest BCUT2D eigenvalue weighted by atomic mass is 32.1. The van der Waals surface area contributed by atoms with Crippen molar-refractivity contribution in [2.75, 3.05) is 4.90 Å². The van der Waals surface area contributed by atoms with Gasteiger partial charge in [-0.05, 0) is 93.0 Å². The molecule has 0 saturated heterocycles. The molecule has 0 unspecified atom stereocenters. The summed E-state index contributed by atoms with van der Waals surface area (Å²) in [6, 6.07) is 60.8. The van der Waals surface area contributed by atoms with Crippen LogP contribution in [0, 0.1) is 0 Å². The highest BCUT2D eigenvalue weighted by Gasteiger charge is 2.51. The average molecular weight is 590 g/mol. The Morgan fingerprint density at radius 3 is 1.78 bits per heavy atom. The summed E-state index contributed by atoms with van der Waals surface area (Å²) in [5.41, 5.74) is 13.7. The number of fused-ring (bicyclic) bond motifs is 12. The number of hydrogen-bond acceptors (Lipinski definition) is 2. The van der Waals surface area contributed by atoms with Crippen LogP contribution >= 0.6 is 11.3 Å². The standard InChI is InChI=1S/C43H27NS/c1-2-12-30(13-3-1)44-39-19-9-7-17-37(39)43(38-18-8-10-20-40(38)44)35-16-6-4-14-31(35)33-26-28(22-24-36(33)43)29-23-25-42-34(27-29)32-15-5-11-21-41(32)45-42/h1-27H. The van der Waals surface area contributed by atoms with E-state index in [0.29, 0.717) is 0 Å². The molecule has 2 heterocycles. The highest BCUT2D eigenvalue weighted by molar-refractivity contribution is 7.25. The maximum atomic E-state index is 2.44. The van der Waals surface area contributed by atoms with Crippen molar-refractivity contribution >= 4 is 48.6 Å². The molecule has 0 bridgehead atoms. The van der Waals surface area contributed by atoms with Gasteiger partial charge in [0.05, 0.1) is 16.8 Å². The monoisotopic (exact) mass is 589 g/mol. The Morgan fingerprint density at radius 2 is 0.978 bits per heavy atom. The minimum Gasteiger partial charge on any atom is -0.310 e. The van der Waals surface area contributed by atoms with E-state index in [1.54, 1.807) is 0 Å². The minimum absolute atomic E-state index is 0.420. The number of hydrogen-bond donors (Lipinski definition) is 0. The zero-order valence-corrected chi connectivity index (χ0v) is 25.3. The highest BCUT2D eigenvalue weighted by Crippen LogP contribution is 2.63. The van der Waals surface area contributed by atoms with Crippen LogP contribution in [-0.2, 0) is 5.41 Å². The molecule has 10 rings (SSSR count). The summed E-state index contributed by atoms with van der Waals surface area (Å²) in [7, 11) is 0. The fourth-order valence-electron chi connectivity index (χ4n) is 8.05. The van der Waals surface area contributed by atoms with Gasteiger partial charge in [-0.1, -0.05) is 115 Å². The van der Waals surface area contributed by atoms with Crippen LogP contribution in [0.15, 0.2) is 164 Å². The molecule has 1 aromatic heterocycles. The Morgan fingerprint density at radius 1 is 0.400 bits per heavy atom. The first-order chi connectivity index (χ1) is 22.3. The van der Waals surface area contributed by atoms with Crippen molar-refractivity contribution < 1.29 is 0 Å². The molecule has 0 radical (unpaired) electrons. The van der Waals surface area contributed by atoms with Crippen molar-refractivity contribution in [2.45, 2.75) is 5.41 Å².